The monoisotopic (exact) mass is 391 g/mol. The second kappa shape index (κ2) is 9.92. The summed E-state index contributed by atoms with van der Waals surface area (Å²) >= 11 is 0. The van der Waals surface area contributed by atoms with Gasteiger partial charge in [0.15, 0.2) is 0 Å². The highest BCUT2D eigenvalue weighted by molar-refractivity contribution is 5.99. The number of anilines is 1. The standard InChI is InChI=1S/C22H33NO5/c1-6-28-22(11-7-8-16(4)13-22)21(25)23-17-9-10-19(27-14-15(2)3)18(12-17)20(24)26-5/h9-10,12,15-16H,6-8,11,13-14H2,1-5H3,(H,23,25). The van der Waals surface area contributed by atoms with Gasteiger partial charge in [0.25, 0.3) is 5.91 Å². The zero-order chi connectivity index (χ0) is 20.7. The summed E-state index contributed by atoms with van der Waals surface area (Å²) in [6.07, 6.45) is 3.48. The predicted molar refractivity (Wildman–Crippen MR) is 109 cm³/mol. The Kier molecular flexibility index (Phi) is 7.87. The summed E-state index contributed by atoms with van der Waals surface area (Å²) < 4.78 is 16.5. The Hall–Kier alpha value is -2.08. The number of carbonyl (C=O) groups excluding carboxylic acids is 2. The van der Waals surface area contributed by atoms with E-state index in [4.69, 9.17) is 14.2 Å². The van der Waals surface area contributed by atoms with Crippen LogP contribution < -0.4 is 10.1 Å². The van der Waals surface area contributed by atoms with Crippen LogP contribution in [0.5, 0.6) is 5.75 Å². The van der Waals surface area contributed by atoms with Crippen molar-refractivity contribution < 1.29 is 23.8 Å². The molecular weight excluding hydrogens is 358 g/mol. The highest BCUT2D eigenvalue weighted by Gasteiger charge is 2.42. The lowest BCUT2D eigenvalue weighted by Gasteiger charge is -2.38. The van der Waals surface area contributed by atoms with Crippen molar-refractivity contribution >= 4 is 17.6 Å². The smallest absolute Gasteiger partial charge is 0.341 e. The van der Waals surface area contributed by atoms with Gasteiger partial charge in [0.1, 0.15) is 16.9 Å². The average Bonchev–Trinajstić information content (AvgIpc) is 2.66. The van der Waals surface area contributed by atoms with E-state index in [2.05, 4.69) is 12.2 Å². The Morgan fingerprint density at radius 3 is 2.68 bits per heavy atom. The van der Waals surface area contributed by atoms with Gasteiger partial charge in [-0.15, -0.1) is 0 Å². The van der Waals surface area contributed by atoms with Crippen molar-refractivity contribution in [1.29, 1.82) is 0 Å². The lowest BCUT2D eigenvalue weighted by atomic mass is 9.78. The molecule has 156 valence electrons. The van der Waals surface area contributed by atoms with Crippen LogP contribution in [0.15, 0.2) is 18.2 Å². The number of hydrogen-bond donors (Lipinski definition) is 1. The Morgan fingerprint density at radius 1 is 1.32 bits per heavy atom. The molecule has 6 heteroatoms. The fraction of sp³-hybridized carbons (Fsp3) is 0.636. The van der Waals surface area contributed by atoms with Crippen LogP contribution in [0.3, 0.4) is 0 Å². The first kappa shape index (κ1) is 22.2. The largest absolute Gasteiger partial charge is 0.492 e. The summed E-state index contributed by atoms with van der Waals surface area (Å²) in [6.45, 7) is 9.09. The molecule has 1 aliphatic carbocycles. The Morgan fingerprint density at radius 2 is 2.07 bits per heavy atom. The minimum atomic E-state index is -0.815. The number of esters is 1. The number of benzene rings is 1. The second-order valence-corrected chi connectivity index (χ2v) is 7.99. The van der Waals surface area contributed by atoms with Gasteiger partial charge < -0.3 is 19.5 Å². The molecule has 0 aliphatic heterocycles. The van der Waals surface area contributed by atoms with Gasteiger partial charge in [0, 0.05) is 12.3 Å². The first-order valence-corrected chi connectivity index (χ1v) is 10.1. The van der Waals surface area contributed by atoms with E-state index in [0.717, 1.165) is 12.8 Å². The van der Waals surface area contributed by atoms with Crippen LogP contribution in [0, 0.1) is 11.8 Å². The first-order valence-electron chi connectivity index (χ1n) is 10.1. The number of ether oxygens (including phenoxy) is 3. The molecule has 2 unspecified atom stereocenters. The van der Waals surface area contributed by atoms with Gasteiger partial charge in [0.2, 0.25) is 0 Å². The van der Waals surface area contributed by atoms with Crippen molar-refractivity contribution in [1.82, 2.24) is 0 Å². The molecule has 28 heavy (non-hydrogen) atoms. The van der Waals surface area contributed by atoms with E-state index in [0.29, 0.717) is 54.9 Å². The predicted octanol–water partition coefficient (Wildman–Crippen LogP) is 4.43. The summed E-state index contributed by atoms with van der Waals surface area (Å²) in [5.74, 6) is 0.547. The number of methoxy groups -OCH3 is 1. The third kappa shape index (κ3) is 5.47. The zero-order valence-electron chi connectivity index (χ0n) is 17.7. The van der Waals surface area contributed by atoms with Crippen LogP contribution in [0.2, 0.25) is 0 Å². The molecule has 0 aromatic heterocycles. The minimum Gasteiger partial charge on any atom is -0.492 e. The number of amides is 1. The molecule has 2 atom stereocenters. The third-order valence-corrected chi connectivity index (χ3v) is 5.01. The van der Waals surface area contributed by atoms with E-state index in [-0.39, 0.29) is 5.91 Å². The van der Waals surface area contributed by atoms with Gasteiger partial charge in [-0.05, 0) is 56.2 Å². The molecule has 0 spiro atoms. The molecule has 1 fully saturated rings. The molecule has 1 amide bonds. The van der Waals surface area contributed by atoms with E-state index in [1.807, 2.05) is 20.8 Å². The van der Waals surface area contributed by atoms with Gasteiger partial charge in [-0.3, -0.25) is 4.79 Å². The maximum absolute atomic E-state index is 13.1. The minimum absolute atomic E-state index is 0.160. The molecule has 6 nitrogen and oxygen atoms in total. The van der Waals surface area contributed by atoms with Crippen LogP contribution >= 0.6 is 0 Å². The van der Waals surface area contributed by atoms with Crippen molar-refractivity contribution in [2.24, 2.45) is 11.8 Å². The Bertz CT molecular complexity index is 684. The fourth-order valence-electron chi connectivity index (χ4n) is 3.69. The molecule has 1 saturated carbocycles. The van der Waals surface area contributed by atoms with Gasteiger partial charge >= 0.3 is 5.97 Å². The van der Waals surface area contributed by atoms with Crippen molar-refractivity contribution in [2.75, 3.05) is 25.6 Å². The summed E-state index contributed by atoms with van der Waals surface area (Å²) in [4.78, 5) is 25.3. The third-order valence-electron chi connectivity index (χ3n) is 5.01. The maximum Gasteiger partial charge on any atom is 0.341 e. The topological polar surface area (TPSA) is 73.9 Å². The van der Waals surface area contributed by atoms with Crippen LogP contribution in [0.1, 0.15) is 63.7 Å². The summed E-state index contributed by atoms with van der Waals surface area (Å²) in [6, 6.07) is 5.04. The molecule has 2 rings (SSSR count). The van der Waals surface area contributed by atoms with Crippen molar-refractivity contribution in [3.8, 4) is 5.75 Å². The Labute approximate surface area is 167 Å². The first-order chi connectivity index (χ1) is 13.3. The van der Waals surface area contributed by atoms with Gasteiger partial charge in [-0.1, -0.05) is 27.2 Å². The summed E-state index contributed by atoms with van der Waals surface area (Å²) in [5, 5.41) is 2.94. The molecule has 1 aromatic carbocycles. The number of carbonyl (C=O) groups is 2. The number of rotatable bonds is 8. The van der Waals surface area contributed by atoms with Crippen molar-refractivity contribution in [2.45, 2.75) is 59.0 Å². The van der Waals surface area contributed by atoms with Crippen LogP contribution in [0.25, 0.3) is 0 Å². The van der Waals surface area contributed by atoms with E-state index in [1.165, 1.54) is 7.11 Å². The maximum atomic E-state index is 13.1. The summed E-state index contributed by atoms with van der Waals surface area (Å²) in [5.41, 5.74) is 0.00742. The van der Waals surface area contributed by atoms with E-state index in [9.17, 15) is 9.59 Å². The quantitative estimate of drug-likeness (QED) is 0.664. The molecule has 0 radical (unpaired) electrons. The molecular formula is C22H33NO5. The SMILES string of the molecule is CCOC1(C(=O)Nc2ccc(OCC(C)C)c(C(=O)OC)c2)CCCC(C)C1. The average molecular weight is 392 g/mol. The van der Waals surface area contributed by atoms with Gasteiger partial charge in [-0.25, -0.2) is 4.79 Å². The van der Waals surface area contributed by atoms with E-state index in [1.54, 1.807) is 18.2 Å². The lowest BCUT2D eigenvalue weighted by molar-refractivity contribution is -0.147. The molecule has 0 saturated heterocycles. The fourth-order valence-corrected chi connectivity index (χ4v) is 3.69. The van der Waals surface area contributed by atoms with Crippen LogP contribution in [-0.2, 0) is 14.3 Å². The van der Waals surface area contributed by atoms with E-state index < -0.39 is 11.6 Å². The zero-order valence-corrected chi connectivity index (χ0v) is 17.7. The van der Waals surface area contributed by atoms with E-state index >= 15 is 0 Å². The van der Waals surface area contributed by atoms with Gasteiger partial charge in [0.05, 0.1) is 13.7 Å². The lowest BCUT2D eigenvalue weighted by Crippen LogP contribution is -2.48. The highest BCUT2D eigenvalue weighted by atomic mass is 16.5. The highest BCUT2D eigenvalue weighted by Crippen LogP contribution is 2.36. The molecule has 1 aromatic rings. The van der Waals surface area contributed by atoms with Crippen molar-refractivity contribution in [3.63, 3.8) is 0 Å². The molecule has 1 N–H and O–H groups in total. The number of hydrogen-bond acceptors (Lipinski definition) is 5. The Balaban J connectivity index is 2.24. The number of nitrogens with one attached hydrogen (secondary N) is 1. The normalized spacial score (nSPS) is 22.0. The van der Waals surface area contributed by atoms with Crippen LogP contribution in [-0.4, -0.2) is 37.8 Å². The van der Waals surface area contributed by atoms with Crippen molar-refractivity contribution in [3.05, 3.63) is 23.8 Å². The summed E-state index contributed by atoms with van der Waals surface area (Å²) in [7, 11) is 1.33. The van der Waals surface area contributed by atoms with Crippen LogP contribution in [0.4, 0.5) is 5.69 Å². The molecule has 0 bridgehead atoms. The second-order valence-electron chi connectivity index (χ2n) is 7.99. The molecule has 1 aliphatic rings. The molecule has 0 heterocycles. The van der Waals surface area contributed by atoms with Gasteiger partial charge in [-0.2, -0.15) is 0 Å².